The first-order valence-corrected chi connectivity index (χ1v) is 12.4. The van der Waals surface area contributed by atoms with Gasteiger partial charge in [-0.15, -0.1) is 6.58 Å². The number of rotatable bonds is 8. The van der Waals surface area contributed by atoms with Gasteiger partial charge in [-0.1, -0.05) is 55.8 Å². The molecule has 0 spiro atoms. The van der Waals surface area contributed by atoms with Crippen LogP contribution >= 0.6 is 0 Å². The Morgan fingerprint density at radius 1 is 1.06 bits per heavy atom. The molecule has 0 aliphatic carbocycles. The van der Waals surface area contributed by atoms with E-state index in [-0.39, 0.29) is 11.9 Å². The molecule has 1 aliphatic rings. The molecule has 2 atom stereocenters. The lowest BCUT2D eigenvalue weighted by molar-refractivity contribution is 0.0827. The number of hydrogen-bond acceptors (Lipinski definition) is 3. The average Bonchev–Trinajstić information content (AvgIpc) is 2.81. The molecule has 3 rings (SSSR count). The molecule has 0 N–H and O–H groups in total. The fourth-order valence-corrected chi connectivity index (χ4v) is 4.98. The molecule has 0 radical (unpaired) electrons. The highest BCUT2D eigenvalue weighted by Gasteiger charge is 2.26. The number of likely N-dealkylation sites (N-methyl/N-ethyl adjacent to an activating group) is 1. The van der Waals surface area contributed by atoms with E-state index in [0.29, 0.717) is 6.04 Å². The molecule has 4 heteroatoms. The summed E-state index contributed by atoms with van der Waals surface area (Å²) >= 11 is 0. The molecule has 1 saturated heterocycles. The van der Waals surface area contributed by atoms with Crippen molar-refractivity contribution in [3.8, 4) is 0 Å². The van der Waals surface area contributed by atoms with Crippen molar-refractivity contribution in [1.29, 1.82) is 0 Å². The van der Waals surface area contributed by atoms with E-state index < -0.39 is 0 Å². The van der Waals surface area contributed by atoms with E-state index in [4.69, 9.17) is 0 Å². The summed E-state index contributed by atoms with van der Waals surface area (Å²) in [5, 5.41) is 0. The molecule has 1 aliphatic heterocycles. The van der Waals surface area contributed by atoms with Crippen molar-refractivity contribution in [2.45, 2.75) is 51.1 Å². The molecule has 178 valence electrons. The van der Waals surface area contributed by atoms with Crippen LogP contribution in [0.3, 0.4) is 0 Å². The second-order valence-electron chi connectivity index (χ2n) is 9.53. The maximum Gasteiger partial charge on any atom is 0.253 e. The predicted molar refractivity (Wildman–Crippen MR) is 139 cm³/mol. The van der Waals surface area contributed by atoms with Gasteiger partial charge in [-0.3, -0.25) is 14.6 Å². The fourth-order valence-electron chi connectivity index (χ4n) is 4.98. The summed E-state index contributed by atoms with van der Waals surface area (Å²) in [7, 11) is 5.82. The van der Waals surface area contributed by atoms with Gasteiger partial charge in [-0.2, -0.15) is 0 Å². The highest BCUT2D eigenvalue weighted by Crippen LogP contribution is 2.32. The predicted octanol–water partition coefficient (Wildman–Crippen LogP) is 5.40. The normalized spacial score (nSPS) is 18.4. The van der Waals surface area contributed by atoms with Crippen LogP contribution in [0.15, 0.2) is 61.2 Å². The second kappa shape index (κ2) is 12.2. The van der Waals surface area contributed by atoms with Crippen LogP contribution in [0.25, 0.3) is 0 Å². The van der Waals surface area contributed by atoms with Crippen molar-refractivity contribution in [2.24, 2.45) is 0 Å². The zero-order valence-corrected chi connectivity index (χ0v) is 21.0. The van der Waals surface area contributed by atoms with Crippen LogP contribution < -0.4 is 0 Å². The Balaban J connectivity index is 1.93. The Labute approximate surface area is 200 Å². The number of amides is 1. The van der Waals surface area contributed by atoms with Crippen LogP contribution in [0.1, 0.15) is 65.7 Å². The molecule has 1 amide bonds. The summed E-state index contributed by atoms with van der Waals surface area (Å²) in [5.74, 6) is 0.0467. The van der Waals surface area contributed by atoms with Crippen LogP contribution in [0.5, 0.6) is 0 Å². The Kier molecular flexibility index (Phi) is 9.28. The number of carbonyl (C=O) groups is 1. The monoisotopic (exact) mass is 447 g/mol. The number of aryl methyl sites for hydroxylation is 1. The Morgan fingerprint density at radius 3 is 2.48 bits per heavy atom. The van der Waals surface area contributed by atoms with Gasteiger partial charge >= 0.3 is 0 Å². The Hall–Kier alpha value is -2.43. The van der Waals surface area contributed by atoms with Gasteiger partial charge in [0.2, 0.25) is 0 Å². The Morgan fingerprint density at radius 2 is 1.82 bits per heavy atom. The molecule has 1 fully saturated rings. The Bertz CT molecular complexity index is 905. The van der Waals surface area contributed by atoms with Crippen LogP contribution in [-0.2, 0) is 6.42 Å². The lowest BCUT2D eigenvalue weighted by Gasteiger charge is -2.37. The minimum Gasteiger partial charge on any atom is -0.345 e. The van der Waals surface area contributed by atoms with Gasteiger partial charge in [0.05, 0.1) is 6.04 Å². The second-order valence-corrected chi connectivity index (χ2v) is 9.53. The molecule has 2 unspecified atom stereocenters. The van der Waals surface area contributed by atoms with E-state index in [1.807, 2.05) is 18.2 Å². The summed E-state index contributed by atoms with van der Waals surface area (Å²) in [5.41, 5.74) is 4.71. The minimum atomic E-state index is 0.0467. The van der Waals surface area contributed by atoms with Crippen molar-refractivity contribution in [1.82, 2.24) is 14.7 Å². The van der Waals surface area contributed by atoms with Crippen molar-refractivity contribution in [3.63, 3.8) is 0 Å². The molecular weight excluding hydrogens is 406 g/mol. The molecule has 0 bridgehead atoms. The van der Waals surface area contributed by atoms with Gasteiger partial charge in [0, 0.05) is 38.8 Å². The quantitative estimate of drug-likeness (QED) is 0.507. The first-order chi connectivity index (χ1) is 15.9. The van der Waals surface area contributed by atoms with Gasteiger partial charge in [0.1, 0.15) is 0 Å². The lowest BCUT2D eigenvalue weighted by Crippen LogP contribution is -2.40. The third-order valence-electron chi connectivity index (χ3n) is 6.94. The van der Waals surface area contributed by atoms with Gasteiger partial charge in [-0.05, 0) is 68.1 Å². The first-order valence-electron chi connectivity index (χ1n) is 12.4. The average molecular weight is 448 g/mol. The summed E-state index contributed by atoms with van der Waals surface area (Å²) in [4.78, 5) is 19.2. The topological polar surface area (TPSA) is 26.8 Å². The van der Waals surface area contributed by atoms with E-state index in [9.17, 15) is 4.79 Å². The van der Waals surface area contributed by atoms with Gasteiger partial charge in [0.15, 0.2) is 0 Å². The van der Waals surface area contributed by atoms with Crippen molar-refractivity contribution >= 4 is 5.91 Å². The van der Waals surface area contributed by atoms with E-state index in [0.717, 1.165) is 38.0 Å². The number of likely N-dealkylation sites (tertiary alicyclic amines) is 1. The van der Waals surface area contributed by atoms with E-state index in [1.165, 1.54) is 36.0 Å². The molecule has 4 nitrogen and oxygen atoms in total. The molecular formula is C29H41N3O. The number of nitrogens with zero attached hydrogens (tertiary/aromatic N) is 3. The van der Waals surface area contributed by atoms with E-state index >= 15 is 0 Å². The summed E-state index contributed by atoms with van der Waals surface area (Å²) in [6.45, 7) is 9.24. The van der Waals surface area contributed by atoms with Crippen LogP contribution in [0.2, 0.25) is 0 Å². The molecule has 1 heterocycles. The number of benzene rings is 2. The number of hydrogen-bond donors (Lipinski definition) is 0. The zero-order chi connectivity index (χ0) is 23.8. The molecule has 2 aromatic carbocycles. The third-order valence-corrected chi connectivity index (χ3v) is 6.94. The standard InChI is InChI=1S/C29H41N3O/c1-6-19-31(5)27-13-8-9-20-32(21-18-27)28(26-12-10-11-23(7-2)22-26)24-14-16-25(17-15-24)29(33)30(3)4/h6,10-12,14-17,22,27-28H,1,7-9,13,18-21H2,2-5H3. The highest BCUT2D eigenvalue weighted by atomic mass is 16.2. The first kappa shape index (κ1) is 25.2. The van der Waals surface area contributed by atoms with Crippen molar-refractivity contribution in [3.05, 3.63) is 83.4 Å². The molecule has 2 aromatic rings. The van der Waals surface area contributed by atoms with Gasteiger partial charge in [-0.25, -0.2) is 0 Å². The largest absolute Gasteiger partial charge is 0.345 e. The number of carbonyl (C=O) groups excluding carboxylic acids is 1. The van der Waals surface area contributed by atoms with Crippen LogP contribution in [-0.4, -0.2) is 67.4 Å². The van der Waals surface area contributed by atoms with Crippen LogP contribution in [0, 0.1) is 0 Å². The highest BCUT2D eigenvalue weighted by molar-refractivity contribution is 5.93. The van der Waals surface area contributed by atoms with Crippen LogP contribution in [0.4, 0.5) is 0 Å². The molecule has 0 aromatic heterocycles. The fraction of sp³-hybridized carbons (Fsp3) is 0.483. The van der Waals surface area contributed by atoms with Crippen molar-refractivity contribution < 1.29 is 4.79 Å². The summed E-state index contributed by atoms with van der Waals surface area (Å²) in [6, 6.07) is 18.1. The maximum atomic E-state index is 12.4. The smallest absolute Gasteiger partial charge is 0.253 e. The summed E-state index contributed by atoms with van der Waals surface area (Å²) < 4.78 is 0. The van der Waals surface area contributed by atoms with E-state index in [2.05, 4.69) is 66.7 Å². The molecule has 33 heavy (non-hydrogen) atoms. The van der Waals surface area contributed by atoms with Gasteiger partial charge < -0.3 is 4.90 Å². The zero-order valence-electron chi connectivity index (χ0n) is 21.0. The van der Waals surface area contributed by atoms with E-state index in [1.54, 1.807) is 19.0 Å². The third kappa shape index (κ3) is 6.55. The minimum absolute atomic E-state index is 0.0467. The lowest BCUT2D eigenvalue weighted by atomic mass is 9.92. The maximum absolute atomic E-state index is 12.4. The van der Waals surface area contributed by atoms with Gasteiger partial charge in [0.25, 0.3) is 5.91 Å². The summed E-state index contributed by atoms with van der Waals surface area (Å²) in [6.07, 6.45) is 7.92. The molecule has 0 saturated carbocycles. The van der Waals surface area contributed by atoms with Crippen molar-refractivity contribution in [2.75, 3.05) is 40.8 Å². The SMILES string of the molecule is C=CCN(C)C1CCCCN(C(c2ccc(C(=O)N(C)C)cc2)c2cccc(CC)c2)CC1.